The first-order valence-electron chi connectivity index (χ1n) is 9.02. The predicted molar refractivity (Wildman–Crippen MR) is 95.3 cm³/mol. The minimum atomic E-state index is -0.877. The fourth-order valence-electron chi connectivity index (χ4n) is 4.32. The first-order valence-corrected chi connectivity index (χ1v) is 9.02. The monoisotopic (exact) mass is 340 g/mol. The van der Waals surface area contributed by atoms with E-state index in [2.05, 4.69) is 30.1 Å². The molecule has 2 aromatic rings. The topological polar surface area (TPSA) is 62.4 Å². The Kier molecular flexibility index (Phi) is 3.82. The Labute approximate surface area is 147 Å². The van der Waals surface area contributed by atoms with Gasteiger partial charge in [0.15, 0.2) is 0 Å². The van der Waals surface area contributed by atoms with Gasteiger partial charge in [-0.2, -0.15) is 0 Å². The molecule has 1 aliphatic carbocycles. The number of carbonyl (C=O) groups is 2. The third kappa shape index (κ3) is 2.53. The lowest BCUT2D eigenvalue weighted by Crippen LogP contribution is -2.45. The largest absolute Gasteiger partial charge is 0.468 e. The minimum absolute atomic E-state index is 0.0338. The van der Waals surface area contributed by atoms with Gasteiger partial charge >= 0.3 is 5.97 Å². The summed E-state index contributed by atoms with van der Waals surface area (Å²) >= 11 is 0. The van der Waals surface area contributed by atoms with Crippen LogP contribution in [0.25, 0.3) is 10.9 Å². The van der Waals surface area contributed by atoms with Crippen LogP contribution >= 0.6 is 0 Å². The van der Waals surface area contributed by atoms with Gasteiger partial charge in [-0.15, -0.1) is 0 Å². The molecule has 0 radical (unpaired) electrons. The lowest BCUT2D eigenvalue weighted by molar-refractivity contribution is -0.156. The average molecular weight is 340 g/mol. The molecule has 4 rings (SSSR count). The predicted octanol–water partition coefficient (Wildman–Crippen LogP) is 3.14. The molecule has 0 atom stereocenters. The standard InChI is InChI=1S/C20H24N2O3/c1-13-17(15-5-3-4-6-16(15)21-13)14-7-11-22(12-8-14)18(23)20(9-10-20)19(24)25-2/h3-6,14,21H,7-12H2,1-2H3. The number of fused-ring (bicyclic) bond motifs is 1. The molecule has 1 N–H and O–H groups in total. The van der Waals surface area contributed by atoms with Crippen LogP contribution in [0.15, 0.2) is 24.3 Å². The van der Waals surface area contributed by atoms with E-state index < -0.39 is 5.41 Å². The molecule has 1 aromatic heterocycles. The molecule has 1 aromatic carbocycles. The molecule has 0 bridgehead atoms. The summed E-state index contributed by atoms with van der Waals surface area (Å²) in [6.45, 7) is 3.55. The number of nitrogens with zero attached hydrogens (tertiary/aromatic N) is 1. The number of aromatic nitrogens is 1. The quantitative estimate of drug-likeness (QED) is 0.690. The first-order chi connectivity index (χ1) is 12.1. The first kappa shape index (κ1) is 16.2. The van der Waals surface area contributed by atoms with Crippen molar-refractivity contribution in [1.82, 2.24) is 9.88 Å². The molecule has 1 saturated heterocycles. The van der Waals surface area contributed by atoms with Crippen molar-refractivity contribution < 1.29 is 14.3 Å². The Morgan fingerprint density at radius 1 is 1.20 bits per heavy atom. The van der Waals surface area contributed by atoms with Gasteiger partial charge in [0, 0.05) is 29.7 Å². The number of esters is 1. The van der Waals surface area contributed by atoms with Crippen LogP contribution in [-0.4, -0.2) is 42.0 Å². The number of nitrogens with one attached hydrogen (secondary N) is 1. The van der Waals surface area contributed by atoms with Crippen LogP contribution in [0.5, 0.6) is 0 Å². The maximum Gasteiger partial charge on any atom is 0.321 e. The Balaban J connectivity index is 1.49. The van der Waals surface area contributed by atoms with E-state index in [0.29, 0.717) is 31.8 Å². The number of piperidine rings is 1. The van der Waals surface area contributed by atoms with E-state index in [4.69, 9.17) is 4.74 Å². The van der Waals surface area contributed by atoms with E-state index in [-0.39, 0.29) is 11.9 Å². The fraction of sp³-hybridized carbons (Fsp3) is 0.500. The van der Waals surface area contributed by atoms with E-state index in [9.17, 15) is 9.59 Å². The number of carbonyl (C=O) groups excluding carboxylic acids is 2. The number of ether oxygens (including phenoxy) is 1. The molecule has 0 unspecified atom stereocenters. The number of hydrogen-bond acceptors (Lipinski definition) is 3. The Hall–Kier alpha value is -2.30. The third-order valence-corrected chi connectivity index (χ3v) is 5.87. The smallest absolute Gasteiger partial charge is 0.321 e. The van der Waals surface area contributed by atoms with Crippen LogP contribution in [0.2, 0.25) is 0 Å². The average Bonchev–Trinajstić information content (AvgIpc) is 3.38. The number of likely N-dealkylation sites (tertiary alicyclic amines) is 1. The van der Waals surface area contributed by atoms with E-state index in [0.717, 1.165) is 12.8 Å². The van der Waals surface area contributed by atoms with E-state index in [1.807, 2.05) is 11.0 Å². The number of rotatable bonds is 3. The maximum atomic E-state index is 12.8. The summed E-state index contributed by atoms with van der Waals surface area (Å²) in [7, 11) is 1.36. The lowest BCUT2D eigenvalue weighted by atomic mass is 9.87. The second kappa shape index (κ2) is 5.90. The lowest BCUT2D eigenvalue weighted by Gasteiger charge is -2.34. The Morgan fingerprint density at radius 3 is 2.52 bits per heavy atom. The zero-order valence-corrected chi connectivity index (χ0v) is 14.8. The number of H-pyrrole nitrogens is 1. The van der Waals surface area contributed by atoms with Gasteiger partial charge < -0.3 is 14.6 Å². The minimum Gasteiger partial charge on any atom is -0.468 e. The van der Waals surface area contributed by atoms with Crippen molar-refractivity contribution in [2.45, 2.75) is 38.5 Å². The molecule has 2 aliphatic rings. The van der Waals surface area contributed by atoms with Gasteiger partial charge in [-0.3, -0.25) is 9.59 Å². The molecule has 1 amide bonds. The van der Waals surface area contributed by atoms with Crippen LogP contribution < -0.4 is 0 Å². The van der Waals surface area contributed by atoms with Crippen LogP contribution in [0.4, 0.5) is 0 Å². The van der Waals surface area contributed by atoms with Crippen molar-refractivity contribution in [3.63, 3.8) is 0 Å². The molecular weight excluding hydrogens is 316 g/mol. The summed E-state index contributed by atoms with van der Waals surface area (Å²) in [6, 6.07) is 8.40. The van der Waals surface area contributed by atoms with Crippen LogP contribution in [0.1, 0.15) is 42.9 Å². The fourth-order valence-corrected chi connectivity index (χ4v) is 4.32. The number of methoxy groups -OCH3 is 1. The number of benzene rings is 1. The summed E-state index contributed by atoms with van der Waals surface area (Å²) in [6.07, 6.45) is 3.12. The number of para-hydroxylation sites is 1. The molecule has 1 aliphatic heterocycles. The molecule has 25 heavy (non-hydrogen) atoms. The second-order valence-corrected chi connectivity index (χ2v) is 7.35. The van der Waals surface area contributed by atoms with Crippen molar-refractivity contribution in [3.8, 4) is 0 Å². The van der Waals surface area contributed by atoms with Gasteiger partial charge in [0.05, 0.1) is 7.11 Å². The van der Waals surface area contributed by atoms with Crippen LogP contribution in [0, 0.1) is 12.3 Å². The van der Waals surface area contributed by atoms with Gasteiger partial charge in [-0.25, -0.2) is 0 Å². The molecular formula is C20H24N2O3. The molecule has 5 heteroatoms. The van der Waals surface area contributed by atoms with Crippen molar-refractivity contribution in [2.24, 2.45) is 5.41 Å². The molecule has 1 saturated carbocycles. The van der Waals surface area contributed by atoms with Crippen LogP contribution in [0.3, 0.4) is 0 Å². The molecule has 2 fully saturated rings. The van der Waals surface area contributed by atoms with Crippen molar-refractivity contribution in [3.05, 3.63) is 35.5 Å². The van der Waals surface area contributed by atoms with Gasteiger partial charge in [0.25, 0.3) is 0 Å². The molecule has 2 heterocycles. The molecule has 5 nitrogen and oxygen atoms in total. The number of aryl methyl sites for hydroxylation is 1. The number of hydrogen-bond donors (Lipinski definition) is 1. The van der Waals surface area contributed by atoms with E-state index >= 15 is 0 Å². The van der Waals surface area contributed by atoms with Gasteiger partial charge in [-0.05, 0) is 50.2 Å². The summed E-state index contributed by atoms with van der Waals surface area (Å²) in [5.74, 6) is 0.0500. The summed E-state index contributed by atoms with van der Waals surface area (Å²) < 4.78 is 4.84. The zero-order valence-electron chi connectivity index (χ0n) is 14.8. The molecule has 0 spiro atoms. The summed E-state index contributed by atoms with van der Waals surface area (Å²) in [5.41, 5.74) is 2.91. The Bertz CT molecular complexity index is 827. The Morgan fingerprint density at radius 2 is 1.88 bits per heavy atom. The third-order valence-electron chi connectivity index (χ3n) is 5.87. The highest BCUT2D eigenvalue weighted by atomic mass is 16.5. The highest BCUT2D eigenvalue weighted by Gasteiger charge is 2.59. The van der Waals surface area contributed by atoms with E-state index in [1.54, 1.807) is 0 Å². The van der Waals surface area contributed by atoms with Crippen molar-refractivity contribution >= 4 is 22.8 Å². The number of amides is 1. The summed E-state index contributed by atoms with van der Waals surface area (Å²) in [4.78, 5) is 30.1. The van der Waals surface area contributed by atoms with Gasteiger partial charge in [-0.1, -0.05) is 18.2 Å². The zero-order chi connectivity index (χ0) is 17.6. The van der Waals surface area contributed by atoms with Gasteiger partial charge in [0.2, 0.25) is 5.91 Å². The highest BCUT2D eigenvalue weighted by Crippen LogP contribution is 2.49. The maximum absolute atomic E-state index is 12.8. The van der Waals surface area contributed by atoms with Gasteiger partial charge in [0.1, 0.15) is 5.41 Å². The van der Waals surface area contributed by atoms with Crippen molar-refractivity contribution in [1.29, 1.82) is 0 Å². The normalized spacial score (nSPS) is 19.8. The summed E-state index contributed by atoms with van der Waals surface area (Å²) in [5, 5.41) is 1.29. The highest BCUT2D eigenvalue weighted by molar-refractivity contribution is 6.05. The van der Waals surface area contributed by atoms with E-state index in [1.165, 1.54) is 29.3 Å². The molecule has 132 valence electrons. The second-order valence-electron chi connectivity index (χ2n) is 7.35. The SMILES string of the molecule is COC(=O)C1(C(=O)N2CCC(c3c(C)[nH]c4ccccc34)CC2)CC1. The van der Waals surface area contributed by atoms with Crippen molar-refractivity contribution in [2.75, 3.05) is 20.2 Å². The van der Waals surface area contributed by atoms with Crippen LogP contribution in [-0.2, 0) is 14.3 Å². The number of aromatic amines is 1.